The van der Waals surface area contributed by atoms with Crippen LogP contribution in [-0.4, -0.2) is 49.7 Å². The Bertz CT molecular complexity index is 427. The van der Waals surface area contributed by atoms with Crippen LogP contribution in [0.25, 0.3) is 0 Å². The summed E-state index contributed by atoms with van der Waals surface area (Å²) in [6.07, 6.45) is 0. The van der Waals surface area contributed by atoms with Gasteiger partial charge >= 0.3 is 0 Å². The molecule has 0 aliphatic carbocycles. The summed E-state index contributed by atoms with van der Waals surface area (Å²) in [5, 5.41) is 10.7. The van der Waals surface area contributed by atoms with Gasteiger partial charge in [0.15, 0.2) is 0 Å². The Kier molecular flexibility index (Phi) is 4.92. The summed E-state index contributed by atoms with van der Waals surface area (Å²) in [6, 6.07) is 6.89. The highest BCUT2D eigenvalue weighted by Gasteiger charge is 2.24. The van der Waals surface area contributed by atoms with Crippen molar-refractivity contribution in [2.45, 2.75) is 0 Å². The number of rotatable bonds is 2. The summed E-state index contributed by atoms with van der Waals surface area (Å²) in [5.74, 6) is 0. The molecule has 0 unspecified atom stereocenters. The van der Waals surface area contributed by atoms with E-state index in [0.29, 0.717) is 0 Å². The molecule has 100 valence electrons. The summed E-state index contributed by atoms with van der Waals surface area (Å²) in [4.78, 5) is 12.6. The third-order valence-electron chi connectivity index (χ3n) is 3.36. The Labute approximate surface area is 124 Å². The monoisotopic (exact) mass is 363 g/mol. The van der Waals surface area contributed by atoms with E-state index in [1.807, 2.05) is 6.07 Å². The van der Waals surface area contributed by atoms with Crippen molar-refractivity contribution in [2.24, 2.45) is 0 Å². The van der Waals surface area contributed by atoms with Crippen LogP contribution in [0.1, 0.15) is 0 Å². The number of likely N-dealkylation sites (N-methyl/N-ethyl adjacent to an activating group) is 1. The maximum atomic E-state index is 10.7. The number of piperazine rings is 1. The predicted octanol–water partition coefficient (Wildman–Crippen LogP) is -1.50. The third kappa shape index (κ3) is 3.55. The number of nitro benzene ring substituents is 1. The second-order valence-electron chi connectivity index (χ2n) is 5.15. The van der Waals surface area contributed by atoms with Gasteiger partial charge in [-0.2, -0.15) is 0 Å². The molecule has 6 heteroatoms. The van der Waals surface area contributed by atoms with E-state index in [0.717, 1.165) is 36.3 Å². The van der Waals surface area contributed by atoms with Crippen molar-refractivity contribution < 1.29 is 33.4 Å². The highest BCUT2D eigenvalue weighted by atomic mass is 127. The largest absolute Gasteiger partial charge is 1.00 e. The van der Waals surface area contributed by atoms with Crippen LogP contribution < -0.4 is 28.9 Å². The van der Waals surface area contributed by atoms with Crippen LogP contribution >= 0.6 is 0 Å². The van der Waals surface area contributed by atoms with Crippen molar-refractivity contribution >= 4 is 11.4 Å². The fourth-order valence-electron chi connectivity index (χ4n) is 2.07. The molecule has 1 aliphatic rings. The number of nitro groups is 1. The van der Waals surface area contributed by atoms with Gasteiger partial charge in [0.1, 0.15) is 0 Å². The molecule has 2 rings (SSSR count). The molecule has 0 amide bonds. The van der Waals surface area contributed by atoms with Crippen molar-refractivity contribution in [3.63, 3.8) is 0 Å². The number of hydrogen-bond donors (Lipinski definition) is 0. The van der Waals surface area contributed by atoms with E-state index in [2.05, 4.69) is 19.0 Å². The Balaban J connectivity index is 0.00000162. The number of non-ortho nitro benzene ring substituents is 1. The maximum Gasteiger partial charge on any atom is 0.271 e. The van der Waals surface area contributed by atoms with E-state index >= 15 is 0 Å². The normalized spacial score (nSPS) is 18.0. The molecule has 0 aromatic heterocycles. The zero-order valence-electron chi connectivity index (χ0n) is 10.7. The summed E-state index contributed by atoms with van der Waals surface area (Å²) >= 11 is 0. The van der Waals surface area contributed by atoms with Crippen molar-refractivity contribution in [1.29, 1.82) is 0 Å². The van der Waals surface area contributed by atoms with Crippen LogP contribution in [0.2, 0.25) is 0 Å². The number of hydrogen-bond acceptors (Lipinski definition) is 3. The Hall–Kier alpha value is -0.890. The van der Waals surface area contributed by atoms with Crippen molar-refractivity contribution in [2.75, 3.05) is 45.2 Å². The van der Waals surface area contributed by atoms with Gasteiger partial charge in [-0.1, -0.05) is 6.07 Å². The van der Waals surface area contributed by atoms with Gasteiger partial charge in [0.25, 0.3) is 5.69 Å². The molecule has 1 heterocycles. The molecule has 1 aromatic rings. The number of halogens is 1. The highest BCUT2D eigenvalue weighted by molar-refractivity contribution is 5.53. The lowest BCUT2D eigenvalue weighted by atomic mass is 10.2. The van der Waals surface area contributed by atoms with Crippen LogP contribution in [0.15, 0.2) is 24.3 Å². The molecule has 0 spiro atoms. The molecule has 1 saturated heterocycles. The zero-order valence-corrected chi connectivity index (χ0v) is 12.8. The SMILES string of the molecule is C[N+]1(C)CCN(c2cccc([N+](=O)[O-])c2)CC1.[I-]. The number of quaternary nitrogens is 1. The summed E-state index contributed by atoms with van der Waals surface area (Å²) in [7, 11) is 4.43. The van der Waals surface area contributed by atoms with Crippen molar-refractivity contribution in [3.05, 3.63) is 34.4 Å². The minimum Gasteiger partial charge on any atom is -1.00 e. The maximum absolute atomic E-state index is 10.7. The van der Waals surface area contributed by atoms with Gasteiger partial charge in [-0.25, -0.2) is 0 Å². The second-order valence-corrected chi connectivity index (χ2v) is 5.15. The van der Waals surface area contributed by atoms with Crippen molar-refractivity contribution in [3.8, 4) is 0 Å². The number of nitrogens with zero attached hydrogens (tertiary/aromatic N) is 3. The standard InChI is InChI=1S/C12H18N3O2.HI/c1-15(2)8-6-13(7-9-15)11-4-3-5-12(10-11)14(16)17;/h3-5,10H,6-9H2,1-2H3;1H/q+1;/p-1. The minimum atomic E-state index is -0.340. The topological polar surface area (TPSA) is 46.4 Å². The van der Waals surface area contributed by atoms with E-state index in [1.165, 1.54) is 6.07 Å². The zero-order chi connectivity index (χ0) is 12.5. The third-order valence-corrected chi connectivity index (χ3v) is 3.36. The molecular formula is C12H18IN3O2. The first kappa shape index (κ1) is 15.2. The first-order valence-electron chi connectivity index (χ1n) is 5.79. The lowest BCUT2D eigenvalue weighted by Gasteiger charge is -2.40. The molecular weight excluding hydrogens is 345 g/mol. The van der Waals surface area contributed by atoms with Crippen LogP contribution in [0, 0.1) is 10.1 Å². The van der Waals surface area contributed by atoms with Crippen LogP contribution in [-0.2, 0) is 0 Å². The molecule has 0 radical (unpaired) electrons. The van der Waals surface area contributed by atoms with Crippen LogP contribution in [0.4, 0.5) is 11.4 Å². The second kappa shape index (κ2) is 5.83. The fraction of sp³-hybridized carbons (Fsp3) is 0.500. The fourth-order valence-corrected chi connectivity index (χ4v) is 2.07. The molecule has 5 nitrogen and oxygen atoms in total. The average molecular weight is 363 g/mol. The predicted molar refractivity (Wildman–Crippen MR) is 67.2 cm³/mol. The van der Waals surface area contributed by atoms with E-state index in [4.69, 9.17) is 0 Å². The highest BCUT2D eigenvalue weighted by Crippen LogP contribution is 2.22. The number of anilines is 1. The lowest BCUT2D eigenvalue weighted by molar-refractivity contribution is -0.890. The Morgan fingerprint density at radius 1 is 1.28 bits per heavy atom. The van der Waals surface area contributed by atoms with Gasteiger partial charge < -0.3 is 33.4 Å². The Morgan fingerprint density at radius 3 is 2.44 bits per heavy atom. The van der Waals surface area contributed by atoms with E-state index < -0.39 is 0 Å². The lowest BCUT2D eigenvalue weighted by Crippen LogP contribution is -3.00. The van der Waals surface area contributed by atoms with Gasteiger partial charge in [-0.15, -0.1) is 0 Å². The van der Waals surface area contributed by atoms with Gasteiger partial charge in [0, 0.05) is 17.8 Å². The minimum absolute atomic E-state index is 0. The van der Waals surface area contributed by atoms with E-state index in [-0.39, 0.29) is 34.6 Å². The summed E-state index contributed by atoms with van der Waals surface area (Å²) < 4.78 is 1.02. The molecule has 0 saturated carbocycles. The summed E-state index contributed by atoms with van der Waals surface area (Å²) in [5.41, 5.74) is 1.13. The molecule has 18 heavy (non-hydrogen) atoms. The molecule has 0 N–H and O–H groups in total. The summed E-state index contributed by atoms with van der Waals surface area (Å²) in [6.45, 7) is 4.05. The Morgan fingerprint density at radius 2 is 1.89 bits per heavy atom. The van der Waals surface area contributed by atoms with Crippen LogP contribution in [0.5, 0.6) is 0 Å². The quantitative estimate of drug-likeness (QED) is 0.278. The van der Waals surface area contributed by atoms with E-state index in [9.17, 15) is 10.1 Å². The van der Waals surface area contributed by atoms with Gasteiger partial charge in [0.05, 0.1) is 45.2 Å². The average Bonchev–Trinajstić information content (AvgIpc) is 2.29. The smallest absolute Gasteiger partial charge is 0.271 e. The molecule has 1 aromatic carbocycles. The van der Waals surface area contributed by atoms with Gasteiger partial charge in [-0.05, 0) is 6.07 Å². The van der Waals surface area contributed by atoms with Gasteiger partial charge in [-0.3, -0.25) is 10.1 Å². The van der Waals surface area contributed by atoms with Gasteiger partial charge in [0.2, 0.25) is 0 Å². The molecule has 1 fully saturated rings. The first-order chi connectivity index (χ1) is 7.98. The first-order valence-corrected chi connectivity index (χ1v) is 5.79. The molecule has 1 aliphatic heterocycles. The van der Waals surface area contributed by atoms with E-state index in [1.54, 1.807) is 12.1 Å². The molecule has 0 atom stereocenters. The van der Waals surface area contributed by atoms with Crippen LogP contribution in [0.3, 0.4) is 0 Å². The van der Waals surface area contributed by atoms with Crippen molar-refractivity contribution in [1.82, 2.24) is 0 Å². The number of benzene rings is 1. The molecule has 0 bridgehead atoms.